The van der Waals surface area contributed by atoms with Gasteiger partial charge in [-0.1, -0.05) is 32.0 Å². The lowest BCUT2D eigenvalue weighted by Crippen LogP contribution is -2.50. The monoisotopic (exact) mass is 429 g/mol. The van der Waals surface area contributed by atoms with Crippen molar-refractivity contribution in [1.82, 2.24) is 15.1 Å². The number of urea groups is 1. The van der Waals surface area contributed by atoms with Crippen molar-refractivity contribution in [3.63, 3.8) is 0 Å². The summed E-state index contributed by atoms with van der Waals surface area (Å²) in [5, 5.41) is 4.90. The van der Waals surface area contributed by atoms with Crippen molar-refractivity contribution in [1.29, 1.82) is 0 Å². The van der Waals surface area contributed by atoms with Gasteiger partial charge in [-0.2, -0.15) is 0 Å². The first kappa shape index (κ1) is 22.2. The molecular weight excluding hydrogens is 398 g/mol. The number of rotatable bonds is 8. The van der Waals surface area contributed by atoms with Gasteiger partial charge in [-0.3, -0.25) is 4.79 Å². The minimum absolute atomic E-state index is 0.0413. The minimum atomic E-state index is -0.190. The Balaban J connectivity index is 1.75. The van der Waals surface area contributed by atoms with E-state index in [1.807, 2.05) is 56.0 Å². The van der Waals surface area contributed by atoms with Gasteiger partial charge in [0, 0.05) is 24.5 Å². The van der Waals surface area contributed by atoms with Crippen molar-refractivity contribution in [3.05, 3.63) is 52.2 Å². The molecule has 2 aromatic rings. The molecule has 3 rings (SSSR count). The predicted octanol–water partition coefficient (Wildman–Crippen LogP) is 3.94. The fourth-order valence-corrected chi connectivity index (χ4v) is 4.67. The smallest absolute Gasteiger partial charge is 0.317 e. The first-order chi connectivity index (χ1) is 14.5. The molecular formula is C23H31N3O3S. The molecule has 0 saturated carbocycles. The Hall–Kier alpha value is -2.54. The van der Waals surface area contributed by atoms with Crippen LogP contribution in [0.2, 0.25) is 0 Å². The Morgan fingerprint density at radius 3 is 2.73 bits per heavy atom. The number of hydrogen-bond donors (Lipinski definition) is 1. The van der Waals surface area contributed by atoms with Gasteiger partial charge >= 0.3 is 6.03 Å². The highest BCUT2D eigenvalue weighted by molar-refractivity contribution is 7.10. The van der Waals surface area contributed by atoms with Crippen LogP contribution in [0.1, 0.15) is 37.3 Å². The first-order valence-corrected chi connectivity index (χ1v) is 11.4. The van der Waals surface area contributed by atoms with Crippen molar-refractivity contribution < 1.29 is 14.3 Å². The molecule has 162 valence electrons. The van der Waals surface area contributed by atoms with Crippen LogP contribution in [-0.4, -0.2) is 54.5 Å². The number of carbonyl (C=O) groups is 2. The van der Waals surface area contributed by atoms with Crippen LogP contribution in [0.15, 0.2) is 41.8 Å². The molecule has 1 unspecified atom stereocenters. The van der Waals surface area contributed by atoms with Crippen LogP contribution in [0.25, 0.3) is 0 Å². The zero-order chi connectivity index (χ0) is 21.5. The van der Waals surface area contributed by atoms with Crippen LogP contribution in [0.3, 0.4) is 0 Å². The number of ether oxygens (including phenoxy) is 1. The molecule has 1 atom stereocenters. The topological polar surface area (TPSA) is 61.9 Å². The van der Waals surface area contributed by atoms with E-state index in [1.54, 1.807) is 16.2 Å². The summed E-state index contributed by atoms with van der Waals surface area (Å²) >= 11 is 1.73. The van der Waals surface area contributed by atoms with Crippen molar-refractivity contribution in [2.24, 2.45) is 5.92 Å². The quantitative estimate of drug-likeness (QED) is 0.691. The van der Waals surface area contributed by atoms with Crippen LogP contribution in [0.5, 0.6) is 5.75 Å². The maximum Gasteiger partial charge on any atom is 0.317 e. The highest BCUT2D eigenvalue weighted by Crippen LogP contribution is 2.34. The molecule has 3 amide bonds. The number of thiophene rings is 1. The fraction of sp³-hybridized carbons (Fsp3) is 0.478. The Morgan fingerprint density at radius 2 is 2.03 bits per heavy atom. The van der Waals surface area contributed by atoms with E-state index in [9.17, 15) is 9.59 Å². The van der Waals surface area contributed by atoms with Gasteiger partial charge in [0.1, 0.15) is 18.9 Å². The molecule has 0 aliphatic carbocycles. The summed E-state index contributed by atoms with van der Waals surface area (Å²) in [6.45, 7) is 8.16. The average Bonchev–Trinajstić information content (AvgIpc) is 3.21. The van der Waals surface area contributed by atoms with E-state index in [0.717, 1.165) is 17.7 Å². The molecule has 1 aromatic heterocycles. The van der Waals surface area contributed by atoms with Crippen molar-refractivity contribution in [3.8, 4) is 5.75 Å². The van der Waals surface area contributed by atoms with E-state index in [4.69, 9.17) is 4.74 Å². The first-order valence-electron chi connectivity index (χ1n) is 10.6. The summed E-state index contributed by atoms with van der Waals surface area (Å²) in [6.07, 6.45) is 0.839. The maximum absolute atomic E-state index is 13.3. The predicted molar refractivity (Wildman–Crippen MR) is 120 cm³/mol. The Morgan fingerprint density at radius 1 is 1.27 bits per heavy atom. The van der Waals surface area contributed by atoms with Gasteiger partial charge < -0.3 is 19.9 Å². The normalized spacial score (nSPS) is 15.6. The number of nitrogens with one attached hydrogen (secondary N) is 1. The highest BCUT2D eigenvalue weighted by Gasteiger charge is 2.33. The van der Waals surface area contributed by atoms with Crippen LogP contribution >= 0.6 is 11.3 Å². The molecule has 30 heavy (non-hydrogen) atoms. The van der Waals surface area contributed by atoms with Crippen molar-refractivity contribution in [2.75, 3.05) is 32.8 Å². The third-order valence-electron chi connectivity index (χ3n) is 5.09. The van der Waals surface area contributed by atoms with Crippen molar-refractivity contribution >= 4 is 23.3 Å². The summed E-state index contributed by atoms with van der Waals surface area (Å²) in [7, 11) is 0. The van der Waals surface area contributed by atoms with Crippen LogP contribution < -0.4 is 10.1 Å². The minimum Gasteiger partial charge on any atom is -0.491 e. The van der Waals surface area contributed by atoms with E-state index >= 15 is 0 Å². The van der Waals surface area contributed by atoms with Gasteiger partial charge in [0.2, 0.25) is 5.91 Å². The lowest BCUT2D eigenvalue weighted by Gasteiger charge is -2.37. The SMILES string of the molecule is CCNC(=O)N(CC(=O)N1CCc2sccc2C1COc1ccccc1)CC(C)C. The standard InChI is InChI=1S/C23H31N3O3S/c1-4-24-23(28)25(14-17(2)3)15-22(27)26-12-10-21-19(11-13-30-21)20(26)16-29-18-8-6-5-7-9-18/h5-9,11,13,17,20H,4,10,12,14-16H2,1-3H3,(H,24,28). The molecule has 0 saturated heterocycles. The summed E-state index contributed by atoms with van der Waals surface area (Å²) < 4.78 is 6.03. The van der Waals surface area contributed by atoms with E-state index < -0.39 is 0 Å². The fourth-order valence-electron chi connectivity index (χ4n) is 3.74. The van der Waals surface area contributed by atoms with E-state index in [2.05, 4.69) is 16.8 Å². The molecule has 2 heterocycles. The molecule has 6 nitrogen and oxygen atoms in total. The van der Waals surface area contributed by atoms with E-state index in [0.29, 0.717) is 26.2 Å². The molecule has 7 heteroatoms. The summed E-state index contributed by atoms with van der Waals surface area (Å²) in [6, 6.07) is 11.4. The van der Waals surface area contributed by atoms with Crippen LogP contribution in [0.4, 0.5) is 4.79 Å². The summed E-state index contributed by atoms with van der Waals surface area (Å²) in [5.41, 5.74) is 1.16. The van der Waals surface area contributed by atoms with E-state index in [1.165, 1.54) is 4.88 Å². The zero-order valence-corrected chi connectivity index (χ0v) is 18.8. The Labute approximate surface area is 182 Å². The summed E-state index contributed by atoms with van der Waals surface area (Å²) in [4.78, 5) is 30.6. The maximum atomic E-state index is 13.3. The van der Waals surface area contributed by atoms with E-state index in [-0.39, 0.29) is 30.4 Å². The largest absolute Gasteiger partial charge is 0.491 e. The second kappa shape index (κ2) is 10.5. The van der Waals surface area contributed by atoms with Crippen LogP contribution in [-0.2, 0) is 11.2 Å². The zero-order valence-electron chi connectivity index (χ0n) is 18.0. The number of fused-ring (bicyclic) bond motifs is 1. The molecule has 0 bridgehead atoms. The van der Waals surface area contributed by atoms with Gasteiger partial charge in [0.15, 0.2) is 0 Å². The molecule has 1 aliphatic heterocycles. The molecule has 0 spiro atoms. The lowest BCUT2D eigenvalue weighted by atomic mass is 10.0. The number of benzene rings is 1. The van der Waals surface area contributed by atoms with Gasteiger partial charge in [-0.05, 0) is 48.4 Å². The molecule has 0 radical (unpaired) electrons. The third-order valence-corrected chi connectivity index (χ3v) is 6.09. The number of amides is 3. The second-order valence-electron chi connectivity index (χ2n) is 7.89. The number of para-hydroxylation sites is 1. The van der Waals surface area contributed by atoms with Gasteiger partial charge in [-0.25, -0.2) is 4.79 Å². The lowest BCUT2D eigenvalue weighted by molar-refractivity contribution is -0.135. The Kier molecular flexibility index (Phi) is 7.74. The third kappa shape index (κ3) is 5.53. The number of carbonyl (C=O) groups excluding carboxylic acids is 2. The Bertz CT molecular complexity index is 837. The van der Waals surface area contributed by atoms with Gasteiger partial charge in [0.05, 0.1) is 6.04 Å². The van der Waals surface area contributed by atoms with Gasteiger partial charge in [-0.15, -0.1) is 11.3 Å². The molecule has 1 aliphatic rings. The second-order valence-corrected chi connectivity index (χ2v) is 8.89. The van der Waals surface area contributed by atoms with Gasteiger partial charge in [0.25, 0.3) is 0 Å². The average molecular weight is 430 g/mol. The van der Waals surface area contributed by atoms with Crippen molar-refractivity contribution in [2.45, 2.75) is 33.2 Å². The highest BCUT2D eigenvalue weighted by atomic mass is 32.1. The molecule has 1 aromatic carbocycles. The molecule has 1 N–H and O–H groups in total. The number of hydrogen-bond acceptors (Lipinski definition) is 4. The number of nitrogens with zero attached hydrogens (tertiary/aromatic N) is 2. The molecule has 0 fully saturated rings. The van der Waals surface area contributed by atoms with Crippen LogP contribution in [0, 0.1) is 5.92 Å². The summed E-state index contributed by atoms with van der Waals surface area (Å²) in [5.74, 6) is 1.03.